The Kier molecular flexibility index (Phi) is 4.68. The average molecular weight is 354 g/mol. The molecule has 2 heterocycles. The van der Waals surface area contributed by atoms with E-state index in [2.05, 4.69) is 0 Å². The van der Waals surface area contributed by atoms with Gasteiger partial charge in [-0.25, -0.2) is 0 Å². The number of ether oxygens (including phenoxy) is 1. The Morgan fingerprint density at radius 2 is 1.92 bits per heavy atom. The standard InChI is InChI=1S/C20H22N2O4/c1-5-26-17(23)11-22-16-10-12(2)19(24)21(4)18(16)15-9-7-6-8-14(15)13(3)20(22)25/h6-10,13H,5,11H2,1-4H3. The molecule has 6 nitrogen and oxygen atoms in total. The van der Waals surface area contributed by atoms with Gasteiger partial charge in [-0.15, -0.1) is 0 Å². The Labute approximate surface area is 152 Å². The third-order valence-corrected chi connectivity index (χ3v) is 4.78. The van der Waals surface area contributed by atoms with Crippen molar-refractivity contribution in [3.8, 4) is 11.3 Å². The quantitative estimate of drug-likeness (QED) is 0.794. The van der Waals surface area contributed by atoms with Gasteiger partial charge in [-0.3, -0.25) is 19.3 Å². The van der Waals surface area contributed by atoms with Crippen LogP contribution in [0, 0.1) is 6.92 Å². The molecule has 6 heteroatoms. The molecule has 0 aliphatic carbocycles. The first-order chi connectivity index (χ1) is 12.4. The number of hydrogen-bond donors (Lipinski definition) is 0. The minimum absolute atomic E-state index is 0.128. The average Bonchev–Trinajstić information content (AvgIpc) is 2.70. The van der Waals surface area contributed by atoms with Crippen molar-refractivity contribution < 1.29 is 14.3 Å². The van der Waals surface area contributed by atoms with Crippen molar-refractivity contribution in [2.24, 2.45) is 7.05 Å². The Morgan fingerprint density at radius 3 is 2.62 bits per heavy atom. The zero-order valence-electron chi connectivity index (χ0n) is 15.4. The van der Waals surface area contributed by atoms with Crippen LogP contribution in [0.3, 0.4) is 0 Å². The van der Waals surface area contributed by atoms with Crippen LogP contribution in [0.1, 0.15) is 30.9 Å². The number of carbonyl (C=O) groups excluding carboxylic acids is 2. The molecule has 1 aliphatic heterocycles. The number of rotatable bonds is 3. The number of esters is 1. The predicted octanol–water partition coefficient (Wildman–Crippen LogP) is 2.37. The summed E-state index contributed by atoms with van der Waals surface area (Å²) in [7, 11) is 1.69. The molecular formula is C20H22N2O4. The minimum Gasteiger partial charge on any atom is -0.465 e. The Morgan fingerprint density at radius 1 is 1.23 bits per heavy atom. The third-order valence-electron chi connectivity index (χ3n) is 4.78. The Bertz CT molecular complexity index is 945. The van der Waals surface area contributed by atoms with Crippen LogP contribution in [-0.2, 0) is 21.4 Å². The van der Waals surface area contributed by atoms with Gasteiger partial charge in [0.15, 0.2) is 0 Å². The van der Waals surface area contributed by atoms with Crippen molar-refractivity contribution in [3.63, 3.8) is 0 Å². The molecule has 1 aromatic carbocycles. The van der Waals surface area contributed by atoms with Gasteiger partial charge in [-0.05, 0) is 32.4 Å². The van der Waals surface area contributed by atoms with Crippen molar-refractivity contribution in [1.29, 1.82) is 0 Å². The van der Waals surface area contributed by atoms with E-state index >= 15 is 0 Å². The van der Waals surface area contributed by atoms with Gasteiger partial charge in [0.1, 0.15) is 6.54 Å². The first-order valence-corrected chi connectivity index (χ1v) is 8.63. The largest absolute Gasteiger partial charge is 0.465 e. The maximum atomic E-state index is 13.1. The molecule has 26 heavy (non-hydrogen) atoms. The molecule has 1 atom stereocenters. The molecule has 0 N–H and O–H groups in total. The van der Waals surface area contributed by atoms with Crippen LogP contribution in [-0.4, -0.2) is 29.6 Å². The smallest absolute Gasteiger partial charge is 0.326 e. The fourth-order valence-electron chi connectivity index (χ4n) is 3.47. The maximum Gasteiger partial charge on any atom is 0.326 e. The third kappa shape index (κ3) is 2.81. The molecule has 1 amide bonds. The van der Waals surface area contributed by atoms with Crippen LogP contribution in [0.25, 0.3) is 11.3 Å². The fourth-order valence-corrected chi connectivity index (χ4v) is 3.47. The van der Waals surface area contributed by atoms with Gasteiger partial charge in [-0.1, -0.05) is 24.3 Å². The summed E-state index contributed by atoms with van der Waals surface area (Å²) in [6.07, 6.45) is 0. The molecule has 2 aromatic rings. The lowest BCUT2D eigenvalue weighted by Gasteiger charge is -2.25. The van der Waals surface area contributed by atoms with Crippen molar-refractivity contribution in [3.05, 3.63) is 51.8 Å². The number of carbonyl (C=O) groups is 2. The maximum absolute atomic E-state index is 13.1. The molecule has 0 bridgehead atoms. The molecular weight excluding hydrogens is 332 g/mol. The highest BCUT2D eigenvalue weighted by Crippen LogP contribution is 2.40. The van der Waals surface area contributed by atoms with E-state index in [-0.39, 0.29) is 24.6 Å². The lowest BCUT2D eigenvalue weighted by Crippen LogP contribution is -2.39. The van der Waals surface area contributed by atoms with Gasteiger partial charge < -0.3 is 9.30 Å². The normalized spacial score (nSPS) is 15.9. The Hall–Kier alpha value is -2.89. The Balaban J connectivity index is 2.31. The van der Waals surface area contributed by atoms with Crippen molar-refractivity contribution in [2.45, 2.75) is 26.7 Å². The lowest BCUT2D eigenvalue weighted by atomic mass is 9.94. The number of amides is 1. The molecule has 0 radical (unpaired) electrons. The van der Waals surface area contributed by atoms with Gasteiger partial charge in [0, 0.05) is 18.2 Å². The number of aryl methyl sites for hydroxylation is 1. The van der Waals surface area contributed by atoms with Gasteiger partial charge in [0.05, 0.1) is 23.9 Å². The van der Waals surface area contributed by atoms with E-state index in [1.807, 2.05) is 31.2 Å². The highest BCUT2D eigenvalue weighted by molar-refractivity contribution is 6.06. The molecule has 0 saturated heterocycles. The number of hydrogen-bond acceptors (Lipinski definition) is 4. The van der Waals surface area contributed by atoms with Crippen molar-refractivity contribution in [1.82, 2.24) is 4.57 Å². The second-order valence-electron chi connectivity index (χ2n) is 6.46. The van der Waals surface area contributed by atoms with Gasteiger partial charge >= 0.3 is 5.97 Å². The van der Waals surface area contributed by atoms with E-state index in [1.165, 1.54) is 4.90 Å². The fraction of sp³-hybridized carbons (Fsp3) is 0.350. The number of nitrogens with zero attached hydrogens (tertiary/aromatic N) is 2. The second kappa shape index (κ2) is 6.78. The number of fused-ring (bicyclic) bond motifs is 3. The van der Waals surface area contributed by atoms with Crippen LogP contribution in [0.2, 0.25) is 0 Å². The SMILES string of the molecule is CCOC(=O)CN1C(=O)C(C)c2ccccc2-c2c1cc(C)c(=O)n2C. The number of pyridine rings is 1. The van der Waals surface area contributed by atoms with E-state index in [9.17, 15) is 14.4 Å². The molecule has 136 valence electrons. The van der Waals surface area contributed by atoms with E-state index in [0.717, 1.165) is 11.1 Å². The summed E-state index contributed by atoms with van der Waals surface area (Å²) in [5.74, 6) is -1.11. The lowest BCUT2D eigenvalue weighted by molar-refractivity contribution is -0.142. The van der Waals surface area contributed by atoms with Gasteiger partial charge in [0.2, 0.25) is 5.91 Å². The zero-order chi connectivity index (χ0) is 19.0. The molecule has 1 aromatic heterocycles. The molecule has 1 unspecified atom stereocenters. The number of benzene rings is 1. The summed E-state index contributed by atoms with van der Waals surface area (Å²) >= 11 is 0. The van der Waals surface area contributed by atoms with E-state index in [1.54, 1.807) is 31.5 Å². The predicted molar refractivity (Wildman–Crippen MR) is 99.3 cm³/mol. The summed E-state index contributed by atoms with van der Waals surface area (Å²) < 4.78 is 6.59. The monoisotopic (exact) mass is 354 g/mol. The first kappa shape index (κ1) is 17.9. The highest BCUT2D eigenvalue weighted by atomic mass is 16.5. The summed E-state index contributed by atoms with van der Waals surface area (Å²) in [5.41, 5.74) is 3.24. The van der Waals surface area contributed by atoms with Gasteiger partial charge in [0.25, 0.3) is 5.56 Å². The second-order valence-corrected chi connectivity index (χ2v) is 6.46. The molecule has 3 rings (SSSR count). The topological polar surface area (TPSA) is 68.6 Å². The van der Waals surface area contributed by atoms with Crippen LogP contribution >= 0.6 is 0 Å². The highest BCUT2D eigenvalue weighted by Gasteiger charge is 2.34. The summed E-state index contributed by atoms with van der Waals surface area (Å²) in [6.45, 7) is 5.31. The van der Waals surface area contributed by atoms with Crippen LogP contribution in [0.4, 0.5) is 5.69 Å². The van der Waals surface area contributed by atoms with E-state index in [4.69, 9.17) is 4.74 Å². The molecule has 1 aliphatic rings. The first-order valence-electron chi connectivity index (χ1n) is 8.63. The summed E-state index contributed by atoms with van der Waals surface area (Å²) in [5, 5.41) is 0. The summed E-state index contributed by atoms with van der Waals surface area (Å²) in [4.78, 5) is 39.2. The number of aromatic nitrogens is 1. The van der Waals surface area contributed by atoms with Crippen LogP contribution in [0.5, 0.6) is 0 Å². The van der Waals surface area contributed by atoms with Crippen molar-refractivity contribution >= 4 is 17.6 Å². The summed E-state index contributed by atoms with van der Waals surface area (Å²) in [6, 6.07) is 9.23. The van der Waals surface area contributed by atoms with E-state index < -0.39 is 11.9 Å². The number of anilines is 1. The minimum atomic E-state index is -0.475. The van der Waals surface area contributed by atoms with Gasteiger partial charge in [-0.2, -0.15) is 0 Å². The van der Waals surface area contributed by atoms with Crippen LogP contribution in [0.15, 0.2) is 35.1 Å². The van der Waals surface area contributed by atoms with Crippen molar-refractivity contribution in [2.75, 3.05) is 18.1 Å². The van der Waals surface area contributed by atoms with E-state index in [0.29, 0.717) is 16.9 Å². The molecule has 0 saturated carbocycles. The zero-order valence-corrected chi connectivity index (χ0v) is 15.4. The molecule has 0 fully saturated rings. The molecule has 0 spiro atoms. The van der Waals surface area contributed by atoms with Crippen LogP contribution < -0.4 is 10.5 Å².